The summed E-state index contributed by atoms with van der Waals surface area (Å²) in [5.74, 6) is -2.59. The summed E-state index contributed by atoms with van der Waals surface area (Å²) in [5.41, 5.74) is -0.257. The lowest BCUT2D eigenvalue weighted by molar-refractivity contribution is -0.138. The Morgan fingerprint density at radius 2 is 2.00 bits per heavy atom. The predicted octanol–water partition coefficient (Wildman–Crippen LogP) is 1.75. The van der Waals surface area contributed by atoms with Crippen molar-refractivity contribution < 1.29 is 18.7 Å². The molecular formula is C12H10F2N2O2. The first kappa shape index (κ1) is 12.3. The number of benzene rings is 1. The van der Waals surface area contributed by atoms with Crippen LogP contribution in [-0.4, -0.2) is 24.2 Å². The second-order valence-corrected chi connectivity index (χ2v) is 4.27. The molecule has 6 heteroatoms. The van der Waals surface area contributed by atoms with Gasteiger partial charge in [0.15, 0.2) is 11.6 Å². The normalized spacial score (nSPS) is 15.1. The third kappa shape index (κ3) is 2.25. The maximum atomic E-state index is 13.6. The number of anilines is 1. The molecule has 18 heavy (non-hydrogen) atoms. The van der Waals surface area contributed by atoms with E-state index in [-0.39, 0.29) is 23.6 Å². The highest BCUT2D eigenvalue weighted by Gasteiger charge is 2.32. The Morgan fingerprint density at radius 3 is 2.44 bits per heavy atom. The maximum Gasteiger partial charge on any atom is 0.303 e. The van der Waals surface area contributed by atoms with Crippen molar-refractivity contribution in [3.63, 3.8) is 0 Å². The SMILES string of the molecule is N#Cc1cc(F)c(N2CC(CC(=O)O)C2)c(F)c1. The molecule has 1 N–H and O–H groups in total. The first-order chi connectivity index (χ1) is 8.51. The molecule has 0 atom stereocenters. The maximum absolute atomic E-state index is 13.6. The molecule has 0 spiro atoms. The summed E-state index contributed by atoms with van der Waals surface area (Å²) < 4.78 is 27.2. The van der Waals surface area contributed by atoms with Crippen LogP contribution >= 0.6 is 0 Å². The van der Waals surface area contributed by atoms with Gasteiger partial charge in [-0.3, -0.25) is 4.79 Å². The Labute approximate surface area is 102 Å². The third-order valence-corrected chi connectivity index (χ3v) is 2.88. The van der Waals surface area contributed by atoms with Gasteiger partial charge in [-0.2, -0.15) is 5.26 Å². The molecule has 0 saturated carbocycles. The minimum absolute atomic E-state index is 0.00395. The van der Waals surface area contributed by atoms with Gasteiger partial charge in [0.1, 0.15) is 5.69 Å². The summed E-state index contributed by atoms with van der Waals surface area (Å²) >= 11 is 0. The van der Waals surface area contributed by atoms with Crippen LogP contribution in [0.4, 0.5) is 14.5 Å². The monoisotopic (exact) mass is 252 g/mol. The summed E-state index contributed by atoms with van der Waals surface area (Å²) in [4.78, 5) is 11.9. The van der Waals surface area contributed by atoms with Crippen LogP contribution in [0.5, 0.6) is 0 Å². The molecule has 1 aliphatic rings. The molecule has 1 aliphatic heterocycles. The van der Waals surface area contributed by atoms with Crippen LogP contribution < -0.4 is 4.90 Å². The van der Waals surface area contributed by atoms with E-state index in [2.05, 4.69) is 0 Å². The minimum atomic E-state index is -0.916. The van der Waals surface area contributed by atoms with E-state index in [4.69, 9.17) is 10.4 Å². The van der Waals surface area contributed by atoms with Gasteiger partial charge in [-0.1, -0.05) is 0 Å². The number of hydrogen-bond donors (Lipinski definition) is 1. The number of aliphatic carboxylic acids is 1. The van der Waals surface area contributed by atoms with Crippen LogP contribution in [0, 0.1) is 28.9 Å². The lowest BCUT2D eigenvalue weighted by Crippen LogP contribution is -2.48. The van der Waals surface area contributed by atoms with Crippen LogP contribution in [0.25, 0.3) is 0 Å². The molecule has 0 radical (unpaired) electrons. The van der Waals surface area contributed by atoms with Crippen LogP contribution in [0.3, 0.4) is 0 Å². The minimum Gasteiger partial charge on any atom is -0.481 e. The van der Waals surface area contributed by atoms with E-state index in [1.54, 1.807) is 6.07 Å². The van der Waals surface area contributed by atoms with E-state index in [0.717, 1.165) is 12.1 Å². The van der Waals surface area contributed by atoms with Gasteiger partial charge in [0.2, 0.25) is 0 Å². The predicted molar refractivity (Wildman–Crippen MR) is 59.0 cm³/mol. The number of halogens is 2. The summed E-state index contributed by atoms with van der Waals surface area (Å²) in [5, 5.41) is 17.1. The average Bonchev–Trinajstić information content (AvgIpc) is 2.23. The molecule has 0 unspecified atom stereocenters. The van der Waals surface area contributed by atoms with Gasteiger partial charge in [-0.15, -0.1) is 0 Å². The molecule has 0 bridgehead atoms. The Bertz CT molecular complexity index is 510. The summed E-state index contributed by atoms with van der Waals surface area (Å²) in [7, 11) is 0. The van der Waals surface area contributed by atoms with Crippen molar-refractivity contribution in [3.8, 4) is 6.07 Å². The molecule has 1 saturated heterocycles. The van der Waals surface area contributed by atoms with Gasteiger partial charge in [0, 0.05) is 19.0 Å². The summed E-state index contributed by atoms with van der Waals surface area (Å²) in [6.07, 6.45) is -0.00395. The van der Waals surface area contributed by atoms with Gasteiger partial charge < -0.3 is 10.0 Å². The van der Waals surface area contributed by atoms with Crippen molar-refractivity contribution >= 4 is 11.7 Å². The van der Waals surface area contributed by atoms with E-state index >= 15 is 0 Å². The number of carboxylic acid groups (broad SMARTS) is 1. The number of carbonyl (C=O) groups is 1. The molecule has 1 aromatic carbocycles. The number of hydrogen-bond acceptors (Lipinski definition) is 3. The zero-order valence-corrected chi connectivity index (χ0v) is 9.36. The quantitative estimate of drug-likeness (QED) is 0.890. The molecule has 1 heterocycles. The molecule has 94 valence electrons. The largest absolute Gasteiger partial charge is 0.481 e. The molecule has 4 nitrogen and oxygen atoms in total. The van der Waals surface area contributed by atoms with E-state index in [9.17, 15) is 13.6 Å². The zero-order chi connectivity index (χ0) is 13.3. The fraction of sp³-hybridized carbons (Fsp3) is 0.333. The second kappa shape index (κ2) is 4.61. The number of nitriles is 1. The second-order valence-electron chi connectivity index (χ2n) is 4.27. The Hall–Kier alpha value is -2.16. The Morgan fingerprint density at radius 1 is 1.44 bits per heavy atom. The molecule has 2 rings (SSSR count). The van der Waals surface area contributed by atoms with Crippen molar-refractivity contribution in [1.29, 1.82) is 5.26 Å². The van der Waals surface area contributed by atoms with E-state index in [1.807, 2.05) is 0 Å². The first-order valence-corrected chi connectivity index (χ1v) is 5.37. The highest BCUT2D eigenvalue weighted by Crippen LogP contribution is 2.31. The zero-order valence-electron chi connectivity index (χ0n) is 9.36. The number of rotatable bonds is 3. The first-order valence-electron chi connectivity index (χ1n) is 5.37. The number of carboxylic acids is 1. The summed E-state index contributed by atoms with van der Waals surface area (Å²) in [6, 6.07) is 3.62. The summed E-state index contributed by atoms with van der Waals surface area (Å²) in [6.45, 7) is 0.623. The van der Waals surface area contributed by atoms with Crippen molar-refractivity contribution in [2.45, 2.75) is 6.42 Å². The standard InChI is InChI=1S/C12H10F2N2O2/c13-9-1-7(4-15)2-10(14)12(9)16-5-8(6-16)3-11(17)18/h1-2,8H,3,5-6H2,(H,17,18). The smallest absolute Gasteiger partial charge is 0.303 e. The average molecular weight is 252 g/mol. The van der Waals surface area contributed by atoms with E-state index in [1.165, 1.54) is 4.90 Å². The van der Waals surface area contributed by atoms with Crippen molar-refractivity contribution in [3.05, 3.63) is 29.3 Å². The van der Waals surface area contributed by atoms with Gasteiger partial charge in [0.05, 0.1) is 18.1 Å². The molecule has 0 aromatic heterocycles. The highest BCUT2D eigenvalue weighted by molar-refractivity contribution is 5.68. The van der Waals surface area contributed by atoms with Crippen LogP contribution in [0.15, 0.2) is 12.1 Å². The number of nitrogens with zero attached hydrogens (tertiary/aromatic N) is 2. The van der Waals surface area contributed by atoms with E-state index < -0.39 is 17.6 Å². The van der Waals surface area contributed by atoms with Gasteiger partial charge in [-0.25, -0.2) is 8.78 Å². The Balaban J connectivity index is 2.13. The van der Waals surface area contributed by atoms with Crippen LogP contribution in [0.2, 0.25) is 0 Å². The van der Waals surface area contributed by atoms with Gasteiger partial charge in [0.25, 0.3) is 0 Å². The molecule has 1 fully saturated rings. The van der Waals surface area contributed by atoms with Crippen molar-refractivity contribution in [1.82, 2.24) is 0 Å². The van der Waals surface area contributed by atoms with Crippen LogP contribution in [-0.2, 0) is 4.79 Å². The lowest BCUT2D eigenvalue weighted by Gasteiger charge is -2.40. The fourth-order valence-electron chi connectivity index (χ4n) is 2.06. The molecule has 0 aliphatic carbocycles. The van der Waals surface area contributed by atoms with Crippen molar-refractivity contribution in [2.24, 2.45) is 5.92 Å². The van der Waals surface area contributed by atoms with E-state index in [0.29, 0.717) is 13.1 Å². The van der Waals surface area contributed by atoms with Crippen molar-refractivity contribution in [2.75, 3.05) is 18.0 Å². The highest BCUT2D eigenvalue weighted by atomic mass is 19.1. The molecular weight excluding hydrogens is 242 g/mol. The van der Waals surface area contributed by atoms with Crippen LogP contribution in [0.1, 0.15) is 12.0 Å². The molecule has 1 aromatic rings. The van der Waals surface area contributed by atoms with Gasteiger partial charge >= 0.3 is 5.97 Å². The molecule has 0 amide bonds. The third-order valence-electron chi connectivity index (χ3n) is 2.88. The topological polar surface area (TPSA) is 64.3 Å². The Kier molecular flexibility index (Phi) is 3.15. The fourth-order valence-corrected chi connectivity index (χ4v) is 2.06. The lowest BCUT2D eigenvalue weighted by atomic mass is 9.95. The van der Waals surface area contributed by atoms with Gasteiger partial charge in [-0.05, 0) is 12.1 Å².